The second-order valence-corrected chi connectivity index (χ2v) is 7.36. The molecule has 0 bridgehead atoms. The molecule has 5 nitrogen and oxygen atoms in total. The Bertz CT molecular complexity index is 686. The van der Waals surface area contributed by atoms with Crippen molar-refractivity contribution in [1.29, 1.82) is 0 Å². The summed E-state index contributed by atoms with van der Waals surface area (Å²) >= 11 is 1.69. The van der Waals surface area contributed by atoms with Gasteiger partial charge in [-0.3, -0.25) is 9.69 Å². The van der Waals surface area contributed by atoms with Gasteiger partial charge in [0.15, 0.2) is 0 Å². The van der Waals surface area contributed by atoms with Crippen LogP contribution in [-0.4, -0.2) is 52.9 Å². The topological polar surface area (TPSA) is 62.5 Å². The molecule has 7 heteroatoms. The van der Waals surface area contributed by atoms with Gasteiger partial charge in [-0.25, -0.2) is 4.98 Å². The van der Waals surface area contributed by atoms with E-state index in [4.69, 9.17) is 10.7 Å². The van der Waals surface area contributed by atoms with Crippen molar-refractivity contribution in [3.05, 3.63) is 41.4 Å². The zero-order valence-electron chi connectivity index (χ0n) is 15.1. The molecule has 2 N–H and O–H groups in total. The number of thiazole rings is 1. The normalized spacial score (nSPS) is 16.2. The average Bonchev–Trinajstić information content (AvgIpc) is 3.11. The smallest absolute Gasteiger partial charge is 0.239 e. The van der Waals surface area contributed by atoms with Gasteiger partial charge in [0.1, 0.15) is 5.01 Å². The molecular formula is C19H27ClN4OS. The fourth-order valence-electron chi connectivity index (χ4n) is 3.12. The average molecular weight is 395 g/mol. The number of amides is 1. The number of hydrogen-bond acceptors (Lipinski definition) is 5. The Labute approximate surface area is 165 Å². The van der Waals surface area contributed by atoms with Crippen molar-refractivity contribution in [2.75, 3.05) is 26.2 Å². The van der Waals surface area contributed by atoms with Crippen molar-refractivity contribution in [3.63, 3.8) is 0 Å². The highest BCUT2D eigenvalue weighted by Crippen LogP contribution is 2.24. The number of carbonyl (C=O) groups is 1. The van der Waals surface area contributed by atoms with Crippen LogP contribution in [0.2, 0.25) is 0 Å². The van der Waals surface area contributed by atoms with Crippen LogP contribution in [0.5, 0.6) is 0 Å². The number of benzene rings is 1. The van der Waals surface area contributed by atoms with Gasteiger partial charge in [0.2, 0.25) is 5.91 Å². The number of aromatic nitrogens is 1. The lowest BCUT2D eigenvalue weighted by Gasteiger charge is -2.35. The Morgan fingerprint density at radius 3 is 2.58 bits per heavy atom. The Balaban J connectivity index is 0.00000243. The maximum Gasteiger partial charge on any atom is 0.239 e. The zero-order chi connectivity index (χ0) is 17.6. The van der Waals surface area contributed by atoms with Crippen LogP contribution in [0, 0.1) is 0 Å². The van der Waals surface area contributed by atoms with Gasteiger partial charge < -0.3 is 10.6 Å². The largest absolute Gasteiger partial charge is 0.339 e. The van der Waals surface area contributed by atoms with Gasteiger partial charge >= 0.3 is 0 Å². The summed E-state index contributed by atoms with van der Waals surface area (Å²) in [5.41, 5.74) is 8.23. The molecule has 26 heavy (non-hydrogen) atoms. The molecule has 142 valence electrons. The minimum atomic E-state index is -0.344. The van der Waals surface area contributed by atoms with Crippen molar-refractivity contribution >= 4 is 29.7 Å². The quantitative estimate of drug-likeness (QED) is 0.818. The molecule has 1 unspecified atom stereocenters. The van der Waals surface area contributed by atoms with Crippen LogP contribution in [0.25, 0.3) is 10.6 Å². The molecule has 1 aliphatic rings. The Morgan fingerprint density at radius 2 is 1.92 bits per heavy atom. The number of nitrogens with two attached hydrogens (primary N) is 1. The van der Waals surface area contributed by atoms with Crippen LogP contribution < -0.4 is 5.73 Å². The minimum absolute atomic E-state index is 0. The molecule has 1 aromatic heterocycles. The van der Waals surface area contributed by atoms with E-state index in [2.05, 4.69) is 29.3 Å². The highest BCUT2D eigenvalue weighted by molar-refractivity contribution is 7.13. The van der Waals surface area contributed by atoms with E-state index >= 15 is 0 Å². The summed E-state index contributed by atoms with van der Waals surface area (Å²) in [5.74, 6) is 0.0986. The third kappa shape index (κ3) is 5.27. The lowest BCUT2D eigenvalue weighted by Crippen LogP contribution is -2.52. The molecular weight excluding hydrogens is 368 g/mol. The summed E-state index contributed by atoms with van der Waals surface area (Å²) in [7, 11) is 0. The van der Waals surface area contributed by atoms with E-state index in [-0.39, 0.29) is 24.4 Å². The molecule has 0 radical (unpaired) electrons. The summed E-state index contributed by atoms with van der Waals surface area (Å²) in [6, 6.07) is 9.93. The van der Waals surface area contributed by atoms with Gasteiger partial charge in [-0.15, -0.1) is 23.7 Å². The molecule has 0 aliphatic carbocycles. The zero-order valence-corrected chi connectivity index (χ0v) is 16.8. The van der Waals surface area contributed by atoms with Gasteiger partial charge in [0.25, 0.3) is 0 Å². The van der Waals surface area contributed by atoms with Crippen LogP contribution in [0.15, 0.2) is 35.7 Å². The van der Waals surface area contributed by atoms with E-state index in [1.54, 1.807) is 11.3 Å². The van der Waals surface area contributed by atoms with Gasteiger partial charge in [0, 0.05) is 43.7 Å². The highest BCUT2D eigenvalue weighted by Gasteiger charge is 2.25. The van der Waals surface area contributed by atoms with E-state index in [1.165, 1.54) is 5.56 Å². The summed E-state index contributed by atoms with van der Waals surface area (Å²) in [4.78, 5) is 21.3. The van der Waals surface area contributed by atoms with E-state index in [9.17, 15) is 4.79 Å². The maximum atomic E-state index is 12.3. The third-order valence-electron chi connectivity index (χ3n) is 4.56. The number of carbonyl (C=O) groups excluding carboxylic acids is 1. The monoisotopic (exact) mass is 394 g/mol. The second kappa shape index (κ2) is 10.0. The number of halogens is 1. The molecule has 2 heterocycles. The molecule has 1 fully saturated rings. The lowest BCUT2D eigenvalue weighted by molar-refractivity contribution is -0.134. The van der Waals surface area contributed by atoms with Crippen LogP contribution in [-0.2, 0) is 11.3 Å². The molecule has 3 rings (SSSR count). The van der Waals surface area contributed by atoms with Gasteiger partial charge in [0.05, 0.1) is 11.7 Å². The Morgan fingerprint density at radius 1 is 1.23 bits per heavy atom. The van der Waals surface area contributed by atoms with Crippen LogP contribution in [0.3, 0.4) is 0 Å². The standard InChI is InChI=1S/C19H26N4OS.ClH/c1-2-6-17(20)19(24)23-11-9-22(10-12-23)13-16-14-25-18(21-16)15-7-4-3-5-8-15;/h3-5,7-8,14,17H,2,6,9-13,20H2,1H3;1H. The molecule has 0 saturated carbocycles. The predicted molar refractivity (Wildman–Crippen MR) is 110 cm³/mol. The van der Waals surface area contributed by atoms with E-state index in [1.807, 2.05) is 23.1 Å². The molecule has 1 saturated heterocycles. The third-order valence-corrected chi connectivity index (χ3v) is 5.50. The molecule has 2 aromatic rings. The van der Waals surface area contributed by atoms with Crippen LogP contribution in [0.4, 0.5) is 0 Å². The number of rotatable bonds is 6. The first-order valence-corrected chi connectivity index (χ1v) is 9.82. The second-order valence-electron chi connectivity index (χ2n) is 6.51. The van der Waals surface area contributed by atoms with E-state index in [0.717, 1.165) is 56.3 Å². The SMILES string of the molecule is CCCC(N)C(=O)N1CCN(Cc2csc(-c3ccccc3)n2)CC1.Cl. The highest BCUT2D eigenvalue weighted by atomic mass is 35.5. The minimum Gasteiger partial charge on any atom is -0.339 e. The first-order valence-electron chi connectivity index (χ1n) is 8.94. The Hall–Kier alpha value is -1.47. The number of hydrogen-bond donors (Lipinski definition) is 1. The molecule has 0 spiro atoms. The van der Waals surface area contributed by atoms with Crippen molar-refractivity contribution in [2.45, 2.75) is 32.4 Å². The van der Waals surface area contributed by atoms with E-state index in [0.29, 0.717) is 0 Å². The lowest BCUT2D eigenvalue weighted by atomic mass is 10.1. The summed E-state index contributed by atoms with van der Waals surface area (Å²) in [6.07, 6.45) is 1.71. The number of piperazine rings is 1. The van der Waals surface area contributed by atoms with Crippen molar-refractivity contribution < 1.29 is 4.79 Å². The number of nitrogens with zero attached hydrogens (tertiary/aromatic N) is 3. The first kappa shape index (κ1) is 20.8. The van der Waals surface area contributed by atoms with E-state index < -0.39 is 0 Å². The van der Waals surface area contributed by atoms with Gasteiger partial charge in [-0.2, -0.15) is 0 Å². The van der Waals surface area contributed by atoms with Crippen molar-refractivity contribution in [1.82, 2.24) is 14.8 Å². The molecule has 1 amide bonds. The fourth-order valence-corrected chi connectivity index (χ4v) is 3.93. The maximum absolute atomic E-state index is 12.3. The van der Waals surface area contributed by atoms with Crippen LogP contribution in [0.1, 0.15) is 25.5 Å². The van der Waals surface area contributed by atoms with Crippen molar-refractivity contribution in [3.8, 4) is 10.6 Å². The fraction of sp³-hybridized carbons (Fsp3) is 0.474. The summed E-state index contributed by atoms with van der Waals surface area (Å²) in [6.45, 7) is 6.17. The summed E-state index contributed by atoms with van der Waals surface area (Å²) < 4.78 is 0. The first-order chi connectivity index (χ1) is 12.2. The van der Waals surface area contributed by atoms with Gasteiger partial charge in [-0.05, 0) is 6.42 Å². The summed E-state index contributed by atoms with van der Waals surface area (Å²) in [5, 5.41) is 3.20. The van der Waals surface area contributed by atoms with Crippen molar-refractivity contribution in [2.24, 2.45) is 5.73 Å². The Kier molecular flexibility index (Phi) is 8.03. The van der Waals surface area contributed by atoms with Gasteiger partial charge in [-0.1, -0.05) is 43.7 Å². The molecule has 1 aliphatic heterocycles. The molecule has 1 aromatic carbocycles. The predicted octanol–water partition coefficient (Wildman–Crippen LogP) is 3.00. The van der Waals surface area contributed by atoms with Crippen LogP contribution >= 0.6 is 23.7 Å². The molecule has 1 atom stereocenters.